The van der Waals surface area contributed by atoms with E-state index in [-0.39, 0.29) is 5.91 Å². The van der Waals surface area contributed by atoms with Crippen LogP contribution in [0.4, 0.5) is 5.69 Å². The molecule has 3 heteroatoms. The standard InChI is InChI=1S/C13H18N2O/c1-3-14-11-6-4-10(5-7-11)13(16)15(2)12-8-9-12/h4-7,12,14H,3,8-9H2,1-2H3. The molecule has 2 rings (SSSR count). The van der Waals surface area contributed by atoms with Crippen LogP contribution in [0.5, 0.6) is 0 Å². The number of carbonyl (C=O) groups is 1. The Balaban J connectivity index is 2.05. The van der Waals surface area contributed by atoms with Gasteiger partial charge in [0.15, 0.2) is 0 Å². The van der Waals surface area contributed by atoms with E-state index in [2.05, 4.69) is 12.2 Å². The van der Waals surface area contributed by atoms with Crippen molar-refractivity contribution >= 4 is 11.6 Å². The van der Waals surface area contributed by atoms with E-state index >= 15 is 0 Å². The summed E-state index contributed by atoms with van der Waals surface area (Å²) in [5.74, 6) is 0.130. The fourth-order valence-corrected chi connectivity index (χ4v) is 1.77. The van der Waals surface area contributed by atoms with Crippen molar-refractivity contribution in [3.63, 3.8) is 0 Å². The summed E-state index contributed by atoms with van der Waals surface area (Å²) in [7, 11) is 1.89. The fraction of sp³-hybridized carbons (Fsp3) is 0.462. The Kier molecular flexibility index (Phi) is 3.13. The molecular formula is C13H18N2O. The number of hydrogen-bond donors (Lipinski definition) is 1. The molecule has 0 unspecified atom stereocenters. The molecule has 1 saturated carbocycles. The van der Waals surface area contributed by atoms with E-state index in [9.17, 15) is 4.79 Å². The maximum atomic E-state index is 12.0. The fourth-order valence-electron chi connectivity index (χ4n) is 1.77. The largest absolute Gasteiger partial charge is 0.385 e. The Hall–Kier alpha value is -1.51. The molecule has 0 aliphatic heterocycles. The van der Waals surface area contributed by atoms with E-state index in [4.69, 9.17) is 0 Å². The zero-order valence-corrected chi connectivity index (χ0v) is 9.86. The normalized spacial score (nSPS) is 14.6. The van der Waals surface area contributed by atoms with E-state index < -0.39 is 0 Å². The number of anilines is 1. The Morgan fingerprint density at radius 1 is 1.38 bits per heavy atom. The molecule has 1 aromatic rings. The second-order valence-corrected chi connectivity index (χ2v) is 4.25. The van der Waals surface area contributed by atoms with E-state index in [0.717, 1.165) is 30.6 Å². The minimum absolute atomic E-state index is 0.130. The predicted octanol–water partition coefficient (Wildman–Crippen LogP) is 2.35. The van der Waals surface area contributed by atoms with Crippen molar-refractivity contribution in [2.75, 3.05) is 18.9 Å². The topological polar surface area (TPSA) is 32.3 Å². The molecule has 3 nitrogen and oxygen atoms in total. The molecule has 0 atom stereocenters. The molecule has 0 saturated heterocycles. The minimum atomic E-state index is 0.130. The summed E-state index contributed by atoms with van der Waals surface area (Å²) < 4.78 is 0. The summed E-state index contributed by atoms with van der Waals surface area (Å²) in [5.41, 5.74) is 1.84. The van der Waals surface area contributed by atoms with Gasteiger partial charge in [-0.05, 0) is 44.0 Å². The van der Waals surface area contributed by atoms with Gasteiger partial charge in [0, 0.05) is 30.9 Å². The second-order valence-electron chi connectivity index (χ2n) is 4.25. The van der Waals surface area contributed by atoms with Gasteiger partial charge in [-0.15, -0.1) is 0 Å². The maximum absolute atomic E-state index is 12.0. The molecule has 0 spiro atoms. The van der Waals surface area contributed by atoms with Gasteiger partial charge in [-0.3, -0.25) is 4.79 Å². The van der Waals surface area contributed by atoms with E-state index in [1.54, 1.807) is 0 Å². The van der Waals surface area contributed by atoms with E-state index in [0.29, 0.717) is 6.04 Å². The van der Waals surface area contributed by atoms with Crippen molar-refractivity contribution in [3.8, 4) is 0 Å². The van der Waals surface area contributed by atoms with Crippen molar-refractivity contribution in [1.29, 1.82) is 0 Å². The monoisotopic (exact) mass is 218 g/mol. The molecule has 86 valence electrons. The van der Waals surface area contributed by atoms with Crippen LogP contribution in [0, 0.1) is 0 Å². The highest BCUT2D eigenvalue weighted by Gasteiger charge is 2.29. The molecule has 0 bridgehead atoms. The third-order valence-electron chi connectivity index (χ3n) is 2.93. The van der Waals surface area contributed by atoms with Crippen LogP contribution < -0.4 is 5.32 Å². The van der Waals surface area contributed by atoms with Crippen LogP contribution in [-0.2, 0) is 0 Å². The smallest absolute Gasteiger partial charge is 0.253 e. The van der Waals surface area contributed by atoms with Crippen LogP contribution in [0.25, 0.3) is 0 Å². The average Bonchev–Trinajstić information content (AvgIpc) is 3.12. The molecule has 0 radical (unpaired) electrons. The maximum Gasteiger partial charge on any atom is 0.253 e. The van der Waals surface area contributed by atoms with Gasteiger partial charge >= 0.3 is 0 Å². The van der Waals surface area contributed by atoms with Gasteiger partial charge in [-0.2, -0.15) is 0 Å². The van der Waals surface area contributed by atoms with Gasteiger partial charge in [0.1, 0.15) is 0 Å². The van der Waals surface area contributed by atoms with Crippen LogP contribution in [0.3, 0.4) is 0 Å². The molecule has 16 heavy (non-hydrogen) atoms. The van der Waals surface area contributed by atoms with Crippen molar-refractivity contribution in [1.82, 2.24) is 4.90 Å². The Morgan fingerprint density at radius 2 is 2.00 bits per heavy atom. The lowest BCUT2D eigenvalue weighted by atomic mass is 10.2. The van der Waals surface area contributed by atoms with Crippen LogP contribution in [-0.4, -0.2) is 30.4 Å². The van der Waals surface area contributed by atoms with E-state index in [1.165, 1.54) is 0 Å². The van der Waals surface area contributed by atoms with Crippen LogP contribution in [0.1, 0.15) is 30.1 Å². The molecule has 1 aromatic carbocycles. The number of hydrogen-bond acceptors (Lipinski definition) is 2. The van der Waals surface area contributed by atoms with Crippen molar-refractivity contribution in [2.45, 2.75) is 25.8 Å². The summed E-state index contributed by atoms with van der Waals surface area (Å²) >= 11 is 0. The van der Waals surface area contributed by atoms with Gasteiger partial charge in [0.2, 0.25) is 0 Å². The molecule has 1 amide bonds. The highest BCUT2D eigenvalue weighted by atomic mass is 16.2. The Morgan fingerprint density at radius 3 is 2.50 bits per heavy atom. The first-order chi connectivity index (χ1) is 7.72. The third kappa shape index (κ3) is 2.35. The van der Waals surface area contributed by atoms with Gasteiger partial charge in [-0.25, -0.2) is 0 Å². The van der Waals surface area contributed by atoms with Gasteiger partial charge < -0.3 is 10.2 Å². The molecular weight excluding hydrogens is 200 g/mol. The van der Waals surface area contributed by atoms with Crippen molar-refractivity contribution in [2.24, 2.45) is 0 Å². The van der Waals surface area contributed by atoms with Crippen LogP contribution in [0.2, 0.25) is 0 Å². The summed E-state index contributed by atoms with van der Waals surface area (Å²) in [6, 6.07) is 8.16. The second kappa shape index (κ2) is 4.56. The third-order valence-corrected chi connectivity index (χ3v) is 2.93. The lowest BCUT2D eigenvalue weighted by Crippen LogP contribution is -2.28. The van der Waals surface area contributed by atoms with Crippen LogP contribution >= 0.6 is 0 Å². The van der Waals surface area contributed by atoms with E-state index in [1.807, 2.05) is 36.2 Å². The SMILES string of the molecule is CCNc1ccc(C(=O)N(C)C2CC2)cc1. The molecule has 1 aliphatic rings. The zero-order valence-electron chi connectivity index (χ0n) is 9.86. The zero-order chi connectivity index (χ0) is 11.5. The quantitative estimate of drug-likeness (QED) is 0.841. The lowest BCUT2D eigenvalue weighted by molar-refractivity contribution is 0.0785. The number of nitrogens with one attached hydrogen (secondary N) is 1. The first-order valence-corrected chi connectivity index (χ1v) is 5.83. The number of amides is 1. The molecule has 0 heterocycles. The van der Waals surface area contributed by atoms with Crippen LogP contribution in [0.15, 0.2) is 24.3 Å². The first-order valence-electron chi connectivity index (χ1n) is 5.83. The molecule has 0 aromatic heterocycles. The number of benzene rings is 1. The minimum Gasteiger partial charge on any atom is -0.385 e. The summed E-state index contributed by atoms with van der Waals surface area (Å²) in [5, 5.41) is 3.21. The lowest BCUT2D eigenvalue weighted by Gasteiger charge is -2.16. The summed E-state index contributed by atoms with van der Waals surface area (Å²) in [4.78, 5) is 13.9. The number of carbonyl (C=O) groups excluding carboxylic acids is 1. The number of rotatable bonds is 4. The first kappa shape index (κ1) is 11.0. The van der Waals surface area contributed by atoms with Gasteiger partial charge in [0.05, 0.1) is 0 Å². The highest BCUT2D eigenvalue weighted by molar-refractivity contribution is 5.94. The molecule has 1 N–H and O–H groups in total. The Labute approximate surface area is 96.5 Å². The van der Waals surface area contributed by atoms with Gasteiger partial charge in [-0.1, -0.05) is 0 Å². The highest BCUT2D eigenvalue weighted by Crippen LogP contribution is 2.26. The summed E-state index contributed by atoms with van der Waals surface area (Å²) in [6.07, 6.45) is 2.30. The van der Waals surface area contributed by atoms with Gasteiger partial charge in [0.25, 0.3) is 5.91 Å². The number of nitrogens with zero attached hydrogens (tertiary/aromatic N) is 1. The van der Waals surface area contributed by atoms with Crippen molar-refractivity contribution in [3.05, 3.63) is 29.8 Å². The van der Waals surface area contributed by atoms with Crippen molar-refractivity contribution < 1.29 is 4.79 Å². The Bertz CT molecular complexity index is 368. The predicted molar refractivity (Wildman–Crippen MR) is 65.7 cm³/mol. The average molecular weight is 218 g/mol. The molecule has 1 aliphatic carbocycles. The molecule has 1 fully saturated rings. The summed E-state index contributed by atoms with van der Waals surface area (Å²) in [6.45, 7) is 2.95.